The standard InChI is InChI=1S/C17H17ClN2O2/c1-11(19)22-17(20)10-16(21)14-4-2-3-13(9-14)12-5-7-15(18)8-6-12/h2-9,16,19-21H,10H2,1H3. The fourth-order valence-electron chi connectivity index (χ4n) is 2.09. The molecule has 0 heterocycles. The smallest absolute Gasteiger partial charge is 0.191 e. The molecule has 2 aromatic rings. The number of hydrogen-bond donors (Lipinski definition) is 3. The molecule has 0 radical (unpaired) electrons. The first-order valence-corrected chi connectivity index (χ1v) is 7.18. The van der Waals surface area contributed by atoms with E-state index in [9.17, 15) is 5.11 Å². The van der Waals surface area contributed by atoms with Crippen molar-refractivity contribution in [3.63, 3.8) is 0 Å². The van der Waals surface area contributed by atoms with Crippen LogP contribution in [0.2, 0.25) is 5.02 Å². The van der Waals surface area contributed by atoms with Crippen LogP contribution in [-0.4, -0.2) is 16.9 Å². The van der Waals surface area contributed by atoms with E-state index >= 15 is 0 Å². The predicted octanol–water partition coefficient (Wildman–Crippen LogP) is 4.42. The largest absolute Gasteiger partial charge is 0.430 e. The van der Waals surface area contributed by atoms with Crippen molar-refractivity contribution in [1.82, 2.24) is 0 Å². The van der Waals surface area contributed by atoms with Gasteiger partial charge in [-0.25, -0.2) is 0 Å². The Morgan fingerprint density at radius 3 is 2.45 bits per heavy atom. The minimum absolute atomic E-state index is 0.0281. The molecule has 0 aliphatic rings. The fraction of sp³-hybridized carbons (Fsp3) is 0.176. The molecular formula is C17H17ClN2O2. The molecule has 2 aromatic carbocycles. The Hall–Kier alpha value is -2.17. The summed E-state index contributed by atoms with van der Waals surface area (Å²) in [5.41, 5.74) is 2.66. The van der Waals surface area contributed by atoms with Crippen molar-refractivity contribution >= 4 is 23.4 Å². The van der Waals surface area contributed by atoms with Gasteiger partial charge in [-0.3, -0.25) is 10.8 Å². The van der Waals surface area contributed by atoms with Gasteiger partial charge in [0.05, 0.1) is 12.5 Å². The summed E-state index contributed by atoms with van der Waals surface area (Å²) in [5.74, 6) is -0.191. The van der Waals surface area contributed by atoms with E-state index < -0.39 is 6.10 Å². The highest BCUT2D eigenvalue weighted by molar-refractivity contribution is 6.30. The molecule has 3 N–H and O–H groups in total. The summed E-state index contributed by atoms with van der Waals surface area (Å²) >= 11 is 5.88. The normalized spacial score (nSPS) is 11.8. The molecule has 0 spiro atoms. The number of hydrogen-bond acceptors (Lipinski definition) is 4. The molecule has 22 heavy (non-hydrogen) atoms. The molecule has 114 valence electrons. The Morgan fingerprint density at radius 1 is 1.14 bits per heavy atom. The Bertz CT molecular complexity index is 683. The molecule has 0 saturated carbocycles. The molecular weight excluding hydrogens is 300 g/mol. The van der Waals surface area contributed by atoms with E-state index in [0.717, 1.165) is 11.1 Å². The van der Waals surface area contributed by atoms with Gasteiger partial charge in [-0.2, -0.15) is 0 Å². The van der Waals surface area contributed by atoms with Crippen molar-refractivity contribution in [3.05, 3.63) is 59.1 Å². The van der Waals surface area contributed by atoms with Gasteiger partial charge in [0.1, 0.15) is 0 Å². The Labute approximate surface area is 134 Å². The first kappa shape index (κ1) is 16.2. The monoisotopic (exact) mass is 316 g/mol. The molecule has 0 aliphatic carbocycles. The number of halogens is 1. The summed E-state index contributed by atoms with van der Waals surface area (Å²) in [7, 11) is 0. The SMILES string of the molecule is CC(=N)OC(=N)CC(O)c1cccc(-c2ccc(Cl)cc2)c1. The van der Waals surface area contributed by atoms with Crippen LogP contribution in [-0.2, 0) is 4.74 Å². The first-order valence-electron chi connectivity index (χ1n) is 6.80. The second-order valence-corrected chi connectivity index (χ2v) is 5.37. The van der Waals surface area contributed by atoms with Gasteiger partial charge < -0.3 is 9.84 Å². The van der Waals surface area contributed by atoms with Gasteiger partial charge >= 0.3 is 0 Å². The van der Waals surface area contributed by atoms with E-state index in [-0.39, 0.29) is 18.2 Å². The Balaban J connectivity index is 2.15. The zero-order valence-corrected chi connectivity index (χ0v) is 12.9. The van der Waals surface area contributed by atoms with Crippen molar-refractivity contribution in [2.75, 3.05) is 0 Å². The van der Waals surface area contributed by atoms with Crippen LogP contribution >= 0.6 is 11.6 Å². The lowest BCUT2D eigenvalue weighted by molar-refractivity contribution is 0.180. The van der Waals surface area contributed by atoms with Crippen LogP contribution in [0.1, 0.15) is 25.0 Å². The second-order valence-electron chi connectivity index (χ2n) is 4.93. The Morgan fingerprint density at radius 2 is 1.82 bits per heavy atom. The maximum absolute atomic E-state index is 10.2. The molecule has 0 saturated heterocycles. The summed E-state index contributed by atoms with van der Waals surface area (Å²) in [6.45, 7) is 1.45. The third-order valence-corrected chi connectivity index (χ3v) is 3.36. The minimum Gasteiger partial charge on any atom is -0.430 e. The molecule has 0 aromatic heterocycles. The quantitative estimate of drug-likeness (QED) is 0.576. The molecule has 0 fully saturated rings. The van der Waals surface area contributed by atoms with Crippen molar-refractivity contribution in [3.8, 4) is 11.1 Å². The van der Waals surface area contributed by atoms with E-state index in [2.05, 4.69) is 0 Å². The average Bonchev–Trinajstić information content (AvgIpc) is 2.47. The van der Waals surface area contributed by atoms with Crippen LogP contribution in [0.25, 0.3) is 11.1 Å². The number of nitrogens with one attached hydrogen (secondary N) is 2. The number of ether oxygens (including phenoxy) is 1. The van der Waals surface area contributed by atoms with Crippen molar-refractivity contribution in [1.29, 1.82) is 10.8 Å². The number of aliphatic hydroxyl groups is 1. The highest BCUT2D eigenvalue weighted by Crippen LogP contribution is 2.26. The summed E-state index contributed by atoms with van der Waals surface area (Å²) in [6.07, 6.45) is -0.820. The summed E-state index contributed by atoms with van der Waals surface area (Å²) in [4.78, 5) is 0. The van der Waals surface area contributed by atoms with Gasteiger partial charge in [0.15, 0.2) is 11.8 Å². The third kappa shape index (κ3) is 4.41. The molecule has 1 unspecified atom stereocenters. The van der Waals surface area contributed by atoms with Crippen molar-refractivity contribution < 1.29 is 9.84 Å². The number of benzene rings is 2. The van der Waals surface area contributed by atoms with E-state index in [1.54, 1.807) is 6.07 Å². The summed E-state index contributed by atoms with van der Waals surface area (Å²) in [5, 5.41) is 25.7. The van der Waals surface area contributed by atoms with Crippen LogP contribution in [0.3, 0.4) is 0 Å². The van der Waals surface area contributed by atoms with Gasteiger partial charge in [-0.1, -0.05) is 41.9 Å². The summed E-state index contributed by atoms with van der Waals surface area (Å²) in [6, 6.07) is 14.9. The van der Waals surface area contributed by atoms with Crippen molar-refractivity contribution in [2.45, 2.75) is 19.4 Å². The van der Waals surface area contributed by atoms with Crippen LogP contribution in [0.15, 0.2) is 48.5 Å². The topological polar surface area (TPSA) is 77.2 Å². The molecule has 0 aliphatic heterocycles. The van der Waals surface area contributed by atoms with Gasteiger partial charge in [0.25, 0.3) is 0 Å². The minimum atomic E-state index is -0.848. The molecule has 0 bridgehead atoms. The highest BCUT2D eigenvalue weighted by Gasteiger charge is 2.13. The lowest BCUT2D eigenvalue weighted by Crippen LogP contribution is -2.12. The first-order chi connectivity index (χ1) is 10.5. The fourth-order valence-corrected chi connectivity index (χ4v) is 2.21. The second kappa shape index (κ2) is 7.20. The third-order valence-electron chi connectivity index (χ3n) is 3.10. The average molecular weight is 317 g/mol. The number of rotatable bonds is 4. The lowest BCUT2D eigenvalue weighted by Gasteiger charge is -2.13. The van der Waals surface area contributed by atoms with Gasteiger partial charge in [0, 0.05) is 11.9 Å². The highest BCUT2D eigenvalue weighted by atomic mass is 35.5. The molecule has 4 nitrogen and oxygen atoms in total. The molecule has 2 rings (SSSR count). The van der Waals surface area contributed by atoms with E-state index in [4.69, 9.17) is 27.2 Å². The number of aliphatic hydroxyl groups excluding tert-OH is 1. The molecule has 1 atom stereocenters. The van der Waals surface area contributed by atoms with Gasteiger partial charge in [-0.05, 0) is 34.9 Å². The van der Waals surface area contributed by atoms with E-state index in [1.807, 2.05) is 42.5 Å². The molecule has 0 amide bonds. The summed E-state index contributed by atoms with van der Waals surface area (Å²) < 4.78 is 4.86. The van der Waals surface area contributed by atoms with E-state index in [1.165, 1.54) is 6.92 Å². The molecule has 5 heteroatoms. The lowest BCUT2D eigenvalue weighted by atomic mass is 9.99. The predicted molar refractivity (Wildman–Crippen MR) is 88.7 cm³/mol. The van der Waals surface area contributed by atoms with Crippen LogP contribution in [0.4, 0.5) is 0 Å². The zero-order valence-electron chi connectivity index (χ0n) is 12.1. The van der Waals surface area contributed by atoms with Crippen LogP contribution in [0, 0.1) is 10.8 Å². The van der Waals surface area contributed by atoms with Gasteiger partial charge in [-0.15, -0.1) is 0 Å². The maximum atomic E-state index is 10.2. The van der Waals surface area contributed by atoms with Crippen molar-refractivity contribution in [2.24, 2.45) is 0 Å². The van der Waals surface area contributed by atoms with Gasteiger partial charge in [0.2, 0.25) is 0 Å². The Kier molecular flexibility index (Phi) is 5.31. The van der Waals surface area contributed by atoms with Crippen LogP contribution < -0.4 is 0 Å². The zero-order chi connectivity index (χ0) is 16.1. The van der Waals surface area contributed by atoms with E-state index in [0.29, 0.717) is 10.6 Å². The van der Waals surface area contributed by atoms with Crippen LogP contribution in [0.5, 0.6) is 0 Å². The maximum Gasteiger partial charge on any atom is 0.191 e.